The van der Waals surface area contributed by atoms with Gasteiger partial charge in [-0.1, -0.05) is 29.3 Å². The highest BCUT2D eigenvalue weighted by atomic mass is 35.5. The third-order valence-electron chi connectivity index (χ3n) is 2.34. The minimum absolute atomic E-state index is 0.00136. The van der Waals surface area contributed by atoms with Gasteiger partial charge in [-0.15, -0.1) is 0 Å². The van der Waals surface area contributed by atoms with Gasteiger partial charge in [-0.05, 0) is 32.9 Å². The SMILES string of the molecule is CC(C)NC(=O)[C@@H](C)NS(=O)(=O)c1c(Cl)cccc1Cl. The van der Waals surface area contributed by atoms with Gasteiger partial charge in [0.1, 0.15) is 4.90 Å². The number of hydrogen-bond donors (Lipinski definition) is 2. The molecule has 1 aromatic carbocycles. The van der Waals surface area contributed by atoms with Crippen LogP contribution >= 0.6 is 23.2 Å². The molecule has 2 N–H and O–H groups in total. The number of benzene rings is 1. The van der Waals surface area contributed by atoms with E-state index in [1.54, 1.807) is 19.9 Å². The molecule has 1 amide bonds. The molecule has 0 radical (unpaired) electrons. The average Bonchev–Trinajstić information content (AvgIpc) is 2.26. The highest BCUT2D eigenvalue weighted by molar-refractivity contribution is 7.89. The number of carbonyl (C=O) groups excluding carboxylic acids is 1. The molecule has 20 heavy (non-hydrogen) atoms. The van der Waals surface area contributed by atoms with Crippen molar-refractivity contribution in [3.05, 3.63) is 28.2 Å². The number of nitrogens with one attached hydrogen (secondary N) is 2. The van der Waals surface area contributed by atoms with Crippen LogP contribution in [0.4, 0.5) is 0 Å². The Morgan fingerprint density at radius 1 is 1.15 bits per heavy atom. The van der Waals surface area contributed by atoms with Gasteiger partial charge in [0.2, 0.25) is 15.9 Å². The Morgan fingerprint density at radius 3 is 2.10 bits per heavy atom. The van der Waals surface area contributed by atoms with Crippen molar-refractivity contribution in [1.82, 2.24) is 10.0 Å². The van der Waals surface area contributed by atoms with E-state index in [1.165, 1.54) is 19.1 Å². The van der Waals surface area contributed by atoms with E-state index in [0.29, 0.717) is 0 Å². The summed E-state index contributed by atoms with van der Waals surface area (Å²) in [6.45, 7) is 5.01. The molecule has 0 bridgehead atoms. The molecule has 0 saturated carbocycles. The summed E-state index contributed by atoms with van der Waals surface area (Å²) >= 11 is 11.7. The van der Waals surface area contributed by atoms with Crippen LogP contribution in [-0.2, 0) is 14.8 Å². The Hall–Kier alpha value is -0.820. The number of sulfonamides is 1. The molecule has 112 valence electrons. The van der Waals surface area contributed by atoms with E-state index in [0.717, 1.165) is 0 Å². The summed E-state index contributed by atoms with van der Waals surface area (Å²) in [5.74, 6) is -0.424. The predicted molar refractivity (Wildman–Crippen MR) is 79.5 cm³/mol. The second kappa shape index (κ2) is 6.76. The molecule has 1 aromatic rings. The van der Waals surface area contributed by atoms with E-state index in [2.05, 4.69) is 10.0 Å². The highest BCUT2D eigenvalue weighted by Crippen LogP contribution is 2.28. The van der Waals surface area contributed by atoms with Crippen molar-refractivity contribution in [2.24, 2.45) is 0 Å². The molecule has 0 aliphatic carbocycles. The Balaban J connectivity index is 2.99. The molecule has 0 aromatic heterocycles. The summed E-state index contributed by atoms with van der Waals surface area (Å²) in [7, 11) is -3.98. The van der Waals surface area contributed by atoms with E-state index >= 15 is 0 Å². The third-order valence-corrected chi connectivity index (χ3v) is 4.84. The lowest BCUT2D eigenvalue weighted by Crippen LogP contribution is -2.46. The van der Waals surface area contributed by atoms with Crippen LogP contribution in [0, 0.1) is 0 Å². The van der Waals surface area contributed by atoms with Crippen LogP contribution in [-0.4, -0.2) is 26.4 Å². The highest BCUT2D eigenvalue weighted by Gasteiger charge is 2.26. The summed E-state index contributed by atoms with van der Waals surface area (Å²) in [6, 6.07) is 3.36. The van der Waals surface area contributed by atoms with Crippen LogP contribution in [0.25, 0.3) is 0 Å². The zero-order chi connectivity index (χ0) is 15.5. The molecule has 5 nitrogen and oxygen atoms in total. The Labute approximate surface area is 128 Å². The van der Waals surface area contributed by atoms with Crippen LogP contribution in [0.15, 0.2) is 23.1 Å². The van der Waals surface area contributed by atoms with Gasteiger partial charge >= 0.3 is 0 Å². The van der Waals surface area contributed by atoms with Crippen molar-refractivity contribution >= 4 is 39.1 Å². The van der Waals surface area contributed by atoms with E-state index in [4.69, 9.17) is 23.2 Å². The summed E-state index contributed by atoms with van der Waals surface area (Å²) < 4.78 is 26.7. The fourth-order valence-electron chi connectivity index (χ4n) is 1.49. The number of halogens is 2. The molecule has 0 heterocycles. The molecule has 0 saturated heterocycles. The van der Waals surface area contributed by atoms with E-state index in [1.807, 2.05) is 0 Å². The van der Waals surface area contributed by atoms with E-state index < -0.39 is 22.0 Å². The monoisotopic (exact) mass is 338 g/mol. The zero-order valence-corrected chi connectivity index (χ0v) is 13.6. The lowest BCUT2D eigenvalue weighted by atomic mass is 10.3. The fourth-order valence-corrected chi connectivity index (χ4v) is 3.84. The zero-order valence-electron chi connectivity index (χ0n) is 11.3. The lowest BCUT2D eigenvalue weighted by molar-refractivity contribution is -0.122. The van der Waals surface area contributed by atoms with Gasteiger partial charge in [0.25, 0.3) is 0 Å². The maximum Gasteiger partial charge on any atom is 0.244 e. The third kappa shape index (κ3) is 4.34. The van der Waals surface area contributed by atoms with Crippen molar-refractivity contribution in [3.63, 3.8) is 0 Å². The molecular formula is C12H16Cl2N2O3S. The molecule has 1 rings (SSSR count). The van der Waals surface area contributed by atoms with Crippen LogP contribution < -0.4 is 10.0 Å². The van der Waals surface area contributed by atoms with Crippen molar-refractivity contribution < 1.29 is 13.2 Å². The summed E-state index contributed by atoms with van der Waals surface area (Å²) in [5.41, 5.74) is 0. The van der Waals surface area contributed by atoms with Gasteiger partial charge in [-0.25, -0.2) is 8.42 Å². The maximum atomic E-state index is 12.2. The molecule has 1 atom stereocenters. The first-order valence-corrected chi connectivity index (χ1v) is 8.15. The molecule has 0 aliphatic rings. The summed E-state index contributed by atoms with van der Waals surface area (Å²) in [6.07, 6.45) is 0. The Kier molecular flexibility index (Phi) is 5.82. The summed E-state index contributed by atoms with van der Waals surface area (Å²) in [4.78, 5) is 11.5. The van der Waals surface area contributed by atoms with Gasteiger partial charge < -0.3 is 5.32 Å². The lowest BCUT2D eigenvalue weighted by Gasteiger charge is -2.17. The first kappa shape index (κ1) is 17.2. The molecule has 0 unspecified atom stereocenters. The fraction of sp³-hybridized carbons (Fsp3) is 0.417. The first-order chi connectivity index (χ1) is 9.15. The first-order valence-electron chi connectivity index (χ1n) is 5.92. The summed E-state index contributed by atoms with van der Waals surface area (Å²) in [5, 5.41) is 2.62. The van der Waals surface area contributed by atoms with Gasteiger partial charge in [0.15, 0.2) is 0 Å². The predicted octanol–water partition coefficient (Wildman–Crippen LogP) is 2.18. The van der Waals surface area contributed by atoms with Crippen LogP contribution in [0.3, 0.4) is 0 Å². The minimum atomic E-state index is -3.98. The molecule has 0 fully saturated rings. The van der Waals surface area contributed by atoms with Gasteiger partial charge in [0.05, 0.1) is 16.1 Å². The number of amides is 1. The van der Waals surface area contributed by atoms with Crippen molar-refractivity contribution in [1.29, 1.82) is 0 Å². The maximum absolute atomic E-state index is 12.2. The van der Waals surface area contributed by atoms with Gasteiger partial charge in [-0.2, -0.15) is 4.72 Å². The number of carbonyl (C=O) groups is 1. The standard InChI is InChI=1S/C12H16Cl2N2O3S/c1-7(2)15-12(17)8(3)16-20(18,19)11-9(13)5-4-6-10(11)14/h4-8,16H,1-3H3,(H,15,17)/t8-/m1/s1. The van der Waals surface area contributed by atoms with Crippen LogP contribution in [0.1, 0.15) is 20.8 Å². The van der Waals surface area contributed by atoms with E-state index in [-0.39, 0.29) is 21.0 Å². The van der Waals surface area contributed by atoms with Crippen molar-refractivity contribution in [2.45, 2.75) is 37.8 Å². The largest absolute Gasteiger partial charge is 0.353 e. The second-order valence-electron chi connectivity index (χ2n) is 4.56. The topological polar surface area (TPSA) is 75.3 Å². The van der Waals surface area contributed by atoms with E-state index in [9.17, 15) is 13.2 Å². The normalized spacial score (nSPS) is 13.3. The number of hydrogen-bond acceptors (Lipinski definition) is 3. The number of rotatable bonds is 5. The quantitative estimate of drug-likeness (QED) is 0.863. The molecule has 0 aliphatic heterocycles. The smallest absolute Gasteiger partial charge is 0.244 e. The van der Waals surface area contributed by atoms with Crippen molar-refractivity contribution in [2.75, 3.05) is 0 Å². The Morgan fingerprint density at radius 2 is 1.65 bits per heavy atom. The Bertz CT molecular complexity index is 582. The van der Waals surface area contributed by atoms with Crippen LogP contribution in [0.2, 0.25) is 10.0 Å². The van der Waals surface area contributed by atoms with Crippen molar-refractivity contribution in [3.8, 4) is 0 Å². The van der Waals surface area contributed by atoms with Gasteiger partial charge in [0, 0.05) is 6.04 Å². The second-order valence-corrected chi connectivity index (χ2v) is 7.02. The van der Waals surface area contributed by atoms with Gasteiger partial charge in [-0.3, -0.25) is 4.79 Å². The molecular weight excluding hydrogens is 323 g/mol. The molecule has 0 spiro atoms. The average molecular weight is 339 g/mol. The molecule has 8 heteroatoms. The van der Waals surface area contributed by atoms with Crippen LogP contribution in [0.5, 0.6) is 0 Å². The minimum Gasteiger partial charge on any atom is -0.353 e.